The lowest BCUT2D eigenvalue weighted by molar-refractivity contribution is 0.297. The van der Waals surface area contributed by atoms with Crippen LogP contribution >= 0.6 is 0 Å². The second-order valence-corrected chi connectivity index (χ2v) is 4.92. The minimum atomic E-state index is -0.251. The Kier molecular flexibility index (Phi) is 3.29. The first kappa shape index (κ1) is 12.3. The Morgan fingerprint density at radius 3 is 3.00 bits per heavy atom. The molecule has 3 rings (SSSR count). The molecule has 2 aromatic rings. The minimum absolute atomic E-state index is 0.149. The van der Waals surface area contributed by atoms with Gasteiger partial charge in [0.1, 0.15) is 5.82 Å². The van der Waals surface area contributed by atoms with Gasteiger partial charge in [0.05, 0.1) is 6.04 Å². The maximum Gasteiger partial charge on any atom is 0.244 e. The number of hydrogen-bond donors (Lipinski definition) is 1. The molecular formula is C14H16FN3O. The number of nitrogens with one attached hydrogen (secondary N) is 1. The van der Waals surface area contributed by atoms with Crippen molar-refractivity contribution < 1.29 is 8.91 Å². The maximum atomic E-state index is 13.1. The highest BCUT2D eigenvalue weighted by molar-refractivity contribution is 5.59. The second-order valence-electron chi connectivity index (χ2n) is 4.92. The molecule has 1 aliphatic rings. The van der Waals surface area contributed by atoms with Gasteiger partial charge in [-0.3, -0.25) is 0 Å². The molecule has 0 saturated carbocycles. The lowest BCUT2D eigenvalue weighted by Gasteiger charge is -2.19. The highest BCUT2D eigenvalue weighted by Gasteiger charge is 2.21. The Bertz CT molecular complexity index is 576. The van der Waals surface area contributed by atoms with Crippen LogP contribution < -0.4 is 5.32 Å². The second kappa shape index (κ2) is 5.09. The molecule has 0 aliphatic carbocycles. The number of nitrogens with zero attached hydrogens (tertiary/aromatic N) is 2. The largest absolute Gasteiger partial charge is 0.337 e. The third-order valence-electron chi connectivity index (χ3n) is 3.48. The van der Waals surface area contributed by atoms with Gasteiger partial charge in [0, 0.05) is 5.56 Å². The standard InChI is InChI=1S/C14H16FN3O/c1-9-8-10(15)5-6-11(9)13-17-14(19-18-13)12-4-2-3-7-16-12/h5-6,8,12,16H,2-4,7H2,1H3/t12-/m0/s1. The Hall–Kier alpha value is -1.75. The van der Waals surface area contributed by atoms with Gasteiger partial charge in [-0.2, -0.15) is 4.98 Å². The first-order valence-electron chi connectivity index (χ1n) is 6.57. The fraction of sp³-hybridized carbons (Fsp3) is 0.429. The Labute approximate surface area is 111 Å². The van der Waals surface area contributed by atoms with E-state index in [1.165, 1.54) is 25.0 Å². The molecule has 1 N–H and O–H groups in total. The Morgan fingerprint density at radius 1 is 1.37 bits per heavy atom. The van der Waals surface area contributed by atoms with Crippen molar-refractivity contribution in [3.63, 3.8) is 0 Å². The number of rotatable bonds is 2. The van der Waals surface area contributed by atoms with Crippen LogP contribution in [0.5, 0.6) is 0 Å². The van der Waals surface area contributed by atoms with Crippen LogP contribution in [0, 0.1) is 12.7 Å². The molecule has 2 heterocycles. The van der Waals surface area contributed by atoms with E-state index in [1.54, 1.807) is 6.07 Å². The third-order valence-corrected chi connectivity index (χ3v) is 3.48. The molecule has 4 nitrogen and oxygen atoms in total. The van der Waals surface area contributed by atoms with Crippen molar-refractivity contribution in [2.45, 2.75) is 32.2 Å². The number of hydrogen-bond acceptors (Lipinski definition) is 4. The zero-order chi connectivity index (χ0) is 13.2. The Morgan fingerprint density at radius 2 is 2.26 bits per heavy atom. The van der Waals surface area contributed by atoms with E-state index in [-0.39, 0.29) is 11.9 Å². The number of benzene rings is 1. The van der Waals surface area contributed by atoms with Crippen molar-refractivity contribution in [2.24, 2.45) is 0 Å². The SMILES string of the molecule is Cc1cc(F)ccc1-c1noc([C@@H]2CCCCN2)n1. The molecular weight excluding hydrogens is 245 g/mol. The van der Waals surface area contributed by atoms with E-state index >= 15 is 0 Å². The number of aromatic nitrogens is 2. The van der Waals surface area contributed by atoms with Gasteiger partial charge in [0.2, 0.25) is 11.7 Å². The lowest BCUT2D eigenvalue weighted by Crippen LogP contribution is -2.26. The van der Waals surface area contributed by atoms with E-state index in [2.05, 4.69) is 15.5 Å². The van der Waals surface area contributed by atoms with Crippen LogP contribution in [0.2, 0.25) is 0 Å². The van der Waals surface area contributed by atoms with Crippen molar-refractivity contribution in [3.8, 4) is 11.4 Å². The monoisotopic (exact) mass is 261 g/mol. The van der Waals surface area contributed by atoms with E-state index in [9.17, 15) is 4.39 Å². The maximum absolute atomic E-state index is 13.1. The van der Waals surface area contributed by atoms with Crippen molar-refractivity contribution in [1.82, 2.24) is 15.5 Å². The average Bonchev–Trinajstić information content (AvgIpc) is 2.89. The summed E-state index contributed by atoms with van der Waals surface area (Å²) in [6.45, 7) is 2.82. The zero-order valence-electron chi connectivity index (χ0n) is 10.8. The summed E-state index contributed by atoms with van der Waals surface area (Å²) in [7, 11) is 0. The molecule has 1 aromatic carbocycles. The molecule has 1 atom stereocenters. The summed E-state index contributed by atoms with van der Waals surface area (Å²) in [5.74, 6) is 0.900. The van der Waals surface area contributed by atoms with Crippen LogP contribution in [0.4, 0.5) is 4.39 Å². The summed E-state index contributed by atoms with van der Waals surface area (Å²) in [4.78, 5) is 4.43. The number of halogens is 1. The number of aryl methyl sites for hydroxylation is 1. The predicted molar refractivity (Wildman–Crippen MR) is 69.0 cm³/mol. The molecule has 1 aromatic heterocycles. The molecule has 1 fully saturated rings. The molecule has 0 bridgehead atoms. The molecule has 0 radical (unpaired) electrons. The normalized spacial score (nSPS) is 19.6. The van der Waals surface area contributed by atoms with Gasteiger partial charge >= 0.3 is 0 Å². The zero-order valence-corrected chi connectivity index (χ0v) is 10.8. The molecule has 19 heavy (non-hydrogen) atoms. The van der Waals surface area contributed by atoms with Crippen LogP contribution in [0.3, 0.4) is 0 Å². The van der Waals surface area contributed by atoms with Crippen molar-refractivity contribution in [2.75, 3.05) is 6.54 Å². The van der Waals surface area contributed by atoms with Crippen LogP contribution in [-0.2, 0) is 0 Å². The summed E-state index contributed by atoms with van der Waals surface area (Å²) in [5, 5.41) is 7.37. The van der Waals surface area contributed by atoms with Crippen molar-refractivity contribution in [3.05, 3.63) is 35.5 Å². The van der Waals surface area contributed by atoms with Gasteiger partial charge in [0.25, 0.3) is 0 Å². The van der Waals surface area contributed by atoms with Crippen LogP contribution in [0.15, 0.2) is 22.7 Å². The van der Waals surface area contributed by atoms with Crippen LogP contribution in [0.1, 0.15) is 36.8 Å². The van der Waals surface area contributed by atoms with E-state index in [4.69, 9.17) is 4.52 Å². The quantitative estimate of drug-likeness (QED) is 0.902. The van der Waals surface area contributed by atoms with Gasteiger partial charge in [-0.25, -0.2) is 4.39 Å². The van der Waals surface area contributed by atoms with Gasteiger partial charge < -0.3 is 9.84 Å². The van der Waals surface area contributed by atoms with Crippen LogP contribution in [0.25, 0.3) is 11.4 Å². The molecule has 1 aliphatic heterocycles. The minimum Gasteiger partial charge on any atom is -0.337 e. The molecule has 5 heteroatoms. The Balaban J connectivity index is 1.87. The topological polar surface area (TPSA) is 51.0 Å². The third kappa shape index (κ3) is 2.51. The van der Waals surface area contributed by atoms with E-state index < -0.39 is 0 Å². The smallest absolute Gasteiger partial charge is 0.244 e. The summed E-state index contributed by atoms with van der Waals surface area (Å²) < 4.78 is 18.4. The summed E-state index contributed by atoms with van der Waals surface area (Å²) in [6.07, 6.45) is 3.38. The average molecular weight is 261 g/mol. The molecule has 100 valence electrons. The van der Waals surface area contributed by atoms with Gasteiger partial charge in [-0.05, 0) is 50.1 Å². The first-order valence-corrected chi connectivity index (χ1v) is 6.57. The highest BCUT2D eigenvalue weighted by atomic mass is 19.1. The predicted octanol–water partition coefficient (Wildman–Crippen LogP) is 3.00. The van der Waals surface area contributed by atoms with Crippen LogP contribution in [-0.4, -0.2) is 16.7 Å². The van der Waals surface area contributed by atoms with E-state index in [1.807, 2.05) is 6.92 Å². The summed E-state index contributed by atoms with van der Waals surface area (Å²) in [6, 6.07) is 4.73. The lowest BCUT2D eigenvalue weighted by atomic mass is 10.1. The fourth-order valence-electron chi connectivity index (χ4n) is 2.43. The molecule has 0 spiro atoms. The fourth-order valence-corrected chi connectivity index (χ4v) is 2.43. The molecule has 1 saturated heterocycles. The molecule has 0 amide bonds. The van der Waals surface area contributed by atoms with E-state index in [0.29, 0.717) is 11.7 Å². The number of piperidine rings is 1. The van der Waals surface area contributed by atoms with E-state index in [0.717, 1.165) is 24.1 Å². The first-order chi connectivity index (χ1) is 9.24. The highest BCUT2D eigenvalue weighted by Crippen LogP contribution is 2.26. The van der Waals surface area contributed by atoms with Gasteiger partial charge in [-0.15, -0.1) is 0 Å². The summed E-state index contributed by atoms with van der Waals surface area (Å²) in [5.41, 5.74) is 1.62. The van der Waals surface area contributed by atoms with Crippen molar-refractivity contribution in [1.29, 1.82) is 0 Å². The van der Waals surface area contributed by atoms with Crippen molar-refractivity contribution >= 4 is 0 Å². The van der Waals surface area contributed by atoms with Gasteiger partial charge in [0.15, 0.2) is 0 Å². The van der Waals surface area contributed by atoms with Gasteiger partial charge in [-0.1, -0.05) is 11.6 Å². The summed E-state index contributed by atoms with van der Waals surface area (Å²) >= 11 is 0. The molecule has 0 unspecified atom stereocenters.